The van der Waals surface area contributed by atoms with E-state index < -0.39 is 0 Å². The Morgan fingerprint density at radius 3 is 2.26 bits per heavy atom. The van der Waals surface area contributed by atoms with Crippen molar-refractivity contribution in [2.75, 3.05) is 36.0 Å². The van der Waals surface area contributed by atoms with Crippen molar-refractivity contribution in [3.8, 4) is 0 Å². The fraction of sp³-hybridized carbons (Fsp3) is 0.312. The maximum atomic E-state index is 4.17. The van der Waals surface area contributed by atoms with Gasteiger partial charge in [-0.3, -0.25) is 4.98 Å². The van der Waals surface area contributed by atoms with E-state index in [9.17, 15) is 0 Å². The Morgan fingerprint density at radius 2 is 1.58 bits per heavy atom. The molecule has 19 heavy (non-hydrogen) atoms. The van der Waals surface area contributed by atoms with E-state index in [2.05, 4.69) is 58.1 Å². The number of aryl methyl sites for hydroxylation is 1. The van der Waals surface area contributed by atoms with Gasteiger partial charge in [-0.1, -0.05) is 18.2 Å². The zero-order valence-electron chi connectivity index (χ0n) is 11.3. The summed E-state index contributed by atoms with van der Waals surface area (Å²) in [6, 6.07) is 12.8. The van der Waals surface area contributed by atoms with Gasteiger partial charge in [0.25, 0.3) is 0 Å². The van der Waals surface area contributed by atoms with E-state index in [0.717, 1.165) is 26.2 Å². The van der Waals surface area contributed by atoms with E-state index >= 15 is 0 Å². The third-order valence-electron chi connectivity index (χ3n) is 3.73. The summed E-state index contributed by atoms with van der Waals surface area (Å²) in [6.07, 6.45) is 3.82. The molecule has 3 nitrogen and oxygen atoms in total. The molecule has 3 rings (SSSR count). The van der Waals surface area contributed by atoms with E-state index in [-0.39, 0.29) is 0 Å². The largest absolute Gasteiger partial charge is 0.368 e. The van der Waals surface area contributed by atoms with Crippen LogP contribution < -0.4 is 9.80 Å². The molecule has 1 fully saturated rings. The molecule has 0 bridgehead atoms. The number of pyridine rings is 1. The van der Waals surface area contributed by atoms with Crippen LogP contribution in [0.5, 0.6) is 0 Å². The second kappa shape index (κ2) is 5.31. The number of rotatable bonds is 2. The number of aromatic nitrogens is 1. The smallest absolute Gasteiger partial charge is 0.0428 e. The lowest BCUT2D eigenvalue weighted by atomic mass is 10.2. The van der Waals surface area contributed by atoms with Crippen LogP contribution in [0.2, 0.25) is 0 Å². The molecule has 1 aliphatic rings. The van der Waals surface area contributed by atoms with Crippen LogP contribution >= 0.6 is 0 Å². The highest BCUT2D eigenvalue weighted by atomic mass is 15.3. The van der Waals surface area contributed by atoms with E-state index in [1.165, 1.54) is 16.9 Å². The Labute approximate surface area is 114 Å². The Balaban J connectivity index is 1.69. The van der Waals surface area contributed by atoms with Crippen LogP contribution in [0.25, 0.3) is 0 Å². The molecule has 2 aromatic rings. The van der Waals surface area contributed by atoms with Gasteiger partial charge in [0.2, 0.25) is 0 Å². The Morgan fingerprint density at radius 1 is 0.895 bits per heavy atom. The molecular weight excluding hydrogens is 234 g/mol. The quantitative estimate of drug-likeness (QED) is 0.820. The molecule has 0 radical (unpaired) electrons. The van der Waals surface area contributed by atoms with Crippen molar-refractivity contribution < 1.29 is 0 Å². The minimum Gasteiger partial charge on any atom is -0.368 e. The molecule has 0 amide bonds. The molecule has 0 N–H and O–H groups in total. The maximum absolute atomic E-state index is 4.17. The summed E-state index contributed by atoms with van der Waals surface area (Å²) >= 11 is 0. The maximum Gasteiger partial charge on any atom is 0.0428 e. The predicted molar refractivity (Wildman–Crippen MR) is 79.8 cm³/mol. The van der Waals surface area contributed by atoms with Crippen LogP contribution in [-0.4, -0.2) is 31.2 Å². The molecule has 0 spiro atoms. The topological polar surface area (TPSA) is 19.4 Å². The Kier molecular flexibility index (Phi) is 3.36. The lowest BCUT2D eigenvalue weighted by Crippen LogP contribution is -2.46. The molecule has 0 unspecified atom stereocenters. The van der Waals surface area contributed by atoms with Gasteiger partial charge in [0.1, 0.15) is 0 Å². The van der Waals surface area contributed by atoms with Gasteiger partial charge in [0.05, 0.1) is 0 Å². The third kappa shape index (κ3) is 2.55. The summed E-state index contributed by atoms with van der Waals surface area (Å²) in [5.41, 5.74) is 3.91. The summed E-state index contributed by atoms with van der Waals surface area (Å²) in [6.45, 7) is 6.42. The van der Waals surface area contributed by atoms with Crippen LogP contribution in [0.15, 0.2) is 48.8 Å². The summed E-state index contributed by atoms with van der Waals surface area (Å²) in [5.74, 6) is 0. The Hall–Kier alpha value is -2.03. The van der Waals surface area contributed by atoms with Crippen molar-refractivity contribution in [2.45, 2.75) is 6.92 Å². The van der Waals surface area contributed by atoms with Crippen molar-refractivity contribution >= 4 is 11.4 Å². The van der Waals surface area contributed by atoms with E-state index in [1.807, 2.05) is 12.4 Å². The van der Waals surface area contributed by atoms with Crippen molar-refractivity contribution in [3.05, 3.63) is 54.4 Å². The number of para-hydroxylation sites is 1. The predicted octanol–water partition coefficient (Wildman–Crippen LogP) is 2.72. The SMILES string of the molecule is Cc1cnccc1N1CCN(c2ccccc2)CC1. The summed E-state index contributed by atoms with van der Waals surface area (Å²) in [4.78, 5) is 9.07. The molecule has 1 aliphatic heterocycles. The molecule has 1 aromatic carbocycles. The molecule has 0 saturated carbocycles. The van der Waals surface area contributed by atoms with Gasteiger partial charge < -0.3 is 9.80 Å². The second-order valence-corrected chi connectivity index (χ2v) is 4.97. The first-order chi connectivity index (χ1) is 9.34. The fourth-order valence-electron chi connectivity index (χ4n) is 2.67. The van der Waals surface area contributed by atoms with Crippen molar-refractivity contribution in [3.63, 3.8) is 0 Å². The summed E-state index contributed by atoms with van der Waals surface area (Å²) in [7, 11) is 0. The summed E-state index contributed by atoms with van der Waals surface area (Å²) in [5, 5.41) is 0. The van der Waals surface area contributed by atoms with E-state index in [1.54, 1.807) is 0 Å². The molecule has 98 valence electrons. The van der Waals surface area contributed by atoms with Crippen LogP contribution in [0.4, 0.5) is 11.4 Å². The molecule has 0 atom stereocenters. The van der Waals surface area contributed by atoms with Crippen LogP contribution in [0.1, 0.15) is 5.56 Å². The zero-order valence-corrected chi connectivity index (χ0v) is 11.3. The average molecular weight is 253 g/mol. The first-order valence-electron chi connectivity index (χ1n) is 6.80. The van der Waals surface area contributed by atoms with Crippen LogP contribution in [0, 0.1) is 6.92 Å². The molecule has 1 saturated heterocycles. The highest BCUT2D eigenvalue weighted by Gasteiger charge is 2.18. The zero-order chi connectivity index (χ0) is 13.1. The molecule has 3 heteroatoms. The van der Waals surface area contributed by atoms with E-state index in [4.69, 9.17) is 0 Å². The lowest BCUT2D eigenvalue weighted by Gasteiger charge is -2.37. The Bertz CT molecular complexity index is 531. The highest BCUT2D eigenvalue weighted by molar-refractivity contribution is 5.54. The number of hydrogen-bond acceptors (Lipinski definition) is 3. The molecule has 0 aliphatic carbocycles. The lowest BCUT2D eigenvalue weighted by molar-refractivity contribution is 0.652. The van der Waals surface area contributed by atoms with Gasteiger partial charge >= 0.3 is 0 Å². The number of benzene rings is 1. The minimum atomic E-state index is 1.07. The fourth-order valence-corrected chi connectivity index (χ4v) is 2.67. The van der Waals surface area contributed by atoms with Crippen molar-refractivity contribution in [1.29, 1.82) is 0 Å². The average Bonchev–Trinajstić information content (AvgIpc) is 2.49. The molecule has 1 aromatic heterocycles. The number of hydrogen-bond donors (Lipinski definition) is 0. The first-order valence-corrected chi connectivity index (χ1v) is 6.80. The second-order valence-electron chi connectivity index (χ2n) is 4.97. The standard InChI is InChI=1S/C16H19N3/c1-14-13-17-8-7-16(14)19-11-9-18(10-12-19)15-5-3-2-4-6-15/h2-8,13H,9-12H2,1H3. The van der Waals surface area contributed by atoms with E-state index in [0.29, 0.717) is 0 Å². The number of anilines is 2. The minimum absolute atomic E-state index is 1.07. The van der Waals surface area contributed by atoms with Gasteiger partial charge in [0, 0.05) is 49.9 Å². The number of nitrogens with zero attached hydrogens (tertiary/aromatic N) is 3. The summed E-state index contributed by atoms with van der Waals surface area (Å²) < 4.78 is 0. The third-order valence-corrected chi connectivity index (χ3v) is 3.73. The van der Waals surface area contributed by atoms with Crippen molar-refractivity contribution in [2.24, 2.45) is 0 Å². The van der Waals surface area contributed by atoms with Crippen molar-refractivity contribution in [1.82, 2.24) is 4.98 Å². The van der Waals surface area contributed by atoms with Crippen LogP contribution in [0.3, 0.4) is 0 Å². The molecule has 2 heterocycles. The van der Waals surface area contributed by atoms with Gasteiger partial charge in [-0.15, -0.1) is 0 Å². The van der Waals surface area contributed by atoms with Gasteiger partial charge in [-0.05, 0) is 30.7 Å². The first kappa shape index (κ1) is 12.0. The van der Waals surface area contributed by atoms with Gasteiger partial charge in [-0.25, -0.2) is 0 Å². The van der Waals surface area contributed by atoms with Gasteiger partial charge in [-0.2, -0.15) is 0 Å². The highest BCUT2D eigenvalue weighted by Crippen LogP contribution is 2.22. The monoisotopic (exact) mass is 253 g/mol. The molecular formula is C16H19N3. The van der Waals surface area contributed by atoms with Crippen LogP contribution in [-0.2, 0) is 0 Å². The van der Waals surface area contributed by atoms with Gasteiger partial charge in [0.15, 0.2) is 0 Å². The number of piperazine rings is 1. The normalized spacial score (nSPS) is 15.6.